The smallest absolute Gasteiger partial charge is 0.340 e. The van der Waals surface area contributed by atoms with E-state index in [0.717, 1.165) is 25.9 Å². The molecule has 2 rings (SSSR count). The van der Waals surface area contributed by atoms with E-state index in [1.54, 1.807) is 31.2 Å². The SMILES string of the molecule is CCOC(=O)c1ccccc1NC(=O)CN1CCCCCCC1. The van der Waals surface area contributed by atoms with E-state index in [4.69, 9.17) is 4.74 Å². The normalized spacial score (nSPS) is 16.2. The van der Waals surface area contributed by atoms with Crippen molar-refractivity contribution in [3.05, 3.63) is 29.8 Å². The molecular weight excluding hydrogens is 292 g/mol. The highest BCUT2D eigenvalue weighted by Gasteiger charge is 2.16. The van der Waals surface area contributed by atoms with Crippen LogP contribution in [-0.2, 0) is 9.53 Å². The highest BCUT2D eigenvalue weighted by molar-refractivity contribution is 6.01. The third-order valence-corrected chi connectivity index (χ3v) is 4.01. The van der Waals surface area contributed by atoms with E-state index in [1.165, 1.54) is 19.3 Å². The molecule has 1 aliphatic heterocycles. The van der Waals surface area contributed by atoms with Gasteiger partial charge in [0.05, 0.1) is 24.4 Å². The first-order valence-corrected chi connectivity index (χ1v) is 8.49. The molecule has 0 atom stereocenters. The van der Waals surface area contributed by atoms with Gasteiger partial charge in [-0.3, -0.25) is 9.69 Å². The zero-order valence-electron chi connectivity index (χ0n) is 13.8. The first-order valence-electron chi connectivity index (χ1n) is 8.49. The lowest BCUT2D eigenvalue weighted by atomic mass is 10.1. The largest absolute Gasteiger partial charge is 0.462 e. The number of amides is 1. The average Bonchev–Trinajstić information content (AvgIpc) is 2.50. The Morgan fingerprint density at radius 1 is 1.09 bits per heavy atom. The Balaban J connectivity index is 1.95. The summed E-state index contributed by atoms with van der Waals surface area (Å²) >= 11 is 0. The Kier molecular flexibility index (Phi) is 7.07. The van der Waals surface area contributed by atoms with E-state index < -0.39 is 5.97 Å². The van der Waals surface area contributed by atoms with Crippen LogP contribution in [0, 0.1) is 0 Å². The minimum Gasteiger partial charge on any atom is -0.462 e. The molecule has 1 heterocycles. The zero-order chi connectivity index (χ0) is 16.5. The topological polar surface area (TPSA) is 58.6 Å². The summed E-state index contributed by atoms with van der Waals surface area (Å²) in [5.41, 5.74) is 0.915. The molecule has 0 unspecified atom stereocenters. The summed E-state index contributed by atoms with van der Waals surface area (Å²) < 4.78 is 5.03. The van der Waals surface area contributed by atoms with Gasteiger partial charge < -0.3 is 10.1 Å². The number of hydrogen-bond donors (Lipinski definition) is 1. The molecule has 1 saturated heterocycles. The molecule has 1 aromatic rings. The van der Waals surface area contributed by atoms with Gasteiger partial charge in [0.15, 0.2) is 0 Å². The van der Waals surface area contributed by atoms with Crippen molar-refractivity contribution < 1.29 is 14.3 Å². The fourth-order valence-electron chi connectivity index (χ4n) is 2.84. The lowest BCUT2D eigenvalue weighted by molar-refractivity contribution is -0.117. The van der Waals surface area contributed by atoms with Crippen molar-refractivity contribution in [2.45, 2.75) is 39.0 Å². The van der Waals surface area contributed by atoms with E-state index in [2.05, 4.69) is 10.2 Å². The lowest BCUT2D eigenvalue weighted by Gasteiger charge is -2.24. The molecule has 1 amide bonds. The minimum atomic E-state index is -0.408. The average molecular weight is 318 g/mol. The van der Waals surface area contributed by atoms with Crippen molar-refractivity contribution in [3.8, 4) is 0 Å². The number of hydrogen-bond acceptors (Lipinski definition) is 4. The predicted molar refractivity (Wildman–Crippen MR) is 90.6 cm³/mol. The van der Waals surface area contributed by atoms with Crippen LogP contribution in [0.25, 0.3) is 0 Å². The number of rotatable bonds is 5. The number of ether oxygens (including phenoxy) is 1. The van der Waals surface area contributed by atoms with Crippen LogP contribution in [0.15, 0.2) is 24.3 Å². The van der Waals surface area contributed by atoms with Gasteiger partial charge in [-0.2, -0.15) is 0 Å². The maximum Gasteiger partial charge on any atom is 0.340 e. The van der Waals surface area contributed by atoms with Gasteiger partial charge in [0.1, 0.15) is 0 Å². The molecule has 0 aliphatic carbocycles. The minimum absolute atomic E-state index is 0.0812. The van der Waals surface area contributed by atoms with Crippen molar-refractivity contribution in [2.75, 3.05) is 31.6 Å². The number of nitrogens with zero attached hydrogens (tertiary/aromatic N) is 1. The van der Waals surface area contributed by atoms with Crippen molar-refractivity contribution in [1.29, 1.82) is 0 Å². The van der Waals surface area contributed by atoms with Crippen molar-refractivity contribution in [1.82, 2.24) is 4.90 Å². The molecule has 1 aromatic carbocycles. The lowest BCUT2D eigenvalue weighted by Crippen LogP contribution is -2.35. The summed E-state index contributed by atoms with van der Waals surface area (Å²) in [6.45, 7) is 4.38. The number of para-hydroxylation sites is 1. The molecule has 0 bridgehead atoms. The van der Waals surface area contributed by atoms with Crippen molar-refractivity contribution in [2.24, 2.45) is 0 Å². The number of likely N-dealkylation sites (tertiary alicyclic amines) is 1. The van der Waals surface area contributed by atoms with Gasteiger partial charge in [0.25, 0.3) is 0 Å². The Hall–Kier alpha value is -1.88. The van der Waals surface area contributed by atoms with Gasteiger partial charge in [-0.15, -0.1) is 0 Å². The Labute approximate surface area is 138 Å². The fourth-order valence-corrected chi connectivity index (χ4v) is 2.84. The third-order valence-electron chi connectivity index (χ3n) is 4.01. The number of esters is 1. The van der Waals surface area contributed by atoms with Crippen LogP contribution in [0.1, 0.15) is 49.4 Å². The second-order valence-corrected chi connectivity index (χ2v) is 5.86. The van der Waals surface area contributed by atoms with Crippen molar-refractivity contribution in [3.63, 3.8) is 0 Å². The molecule has 1 aliphatic rings. The van der Waals surface area contributed by atoms with Gasteiger partial charge in [-0.05, 0) is 45.0 Å². The molecule has 0 saturated carbocycles. The predicted octanol–water partition coefficient (Wildman–Crippen LogP) is 3.07. The first kappa shape index (κ1) is 17.5. The highest BCUT2D eigenvalue weighted by Crippen LogP contribution is 2.17. The number of carbonyl (C=O) groups excluding carboxylic acids is 2. The number of nitrogens with one attached hydrogen (secondary N) is 1. The molecule has 23 heavy (non-hydrogen) atoms. The standard InChI is InChI=1S/C18H26N2O3/c1-2-23-18(22)15-10-6-7-11-16(15)19-17(21)14-20-12-8-4-3-5-9-13-20/h6-7,10-11H,2-5,8-9,12-14H2,1H3,(H,19,21). The third kappa shape index (κ3) is 5.67. The summed E-state index contributed by atoms with van der Waals surface area (Å²) in [5, 5.41) is 2.85. The van der Waals surface area contributed by atoms with E-state index in [1.807, 2.05) is 0 Å². The van der Waals surface area contributed by atoms with Gasteiger partial charge in [0, 0.05) is 0 Å². The van der Waals surface area contributed by atoms with Crippen LogP contribution < -0.4 is 5.32 Å². The zero-order valence-corrected chi connectivity index (χ0v) is 13.8. The van der Waals surface area contributed by atoms with E-state index >= 15 is 0 Å². The summed E-state index contributed by atoms with van der Waals surface area (Å²) in [6, 6.07) is 6.97. The molecule has 0 spiro atoms. The van der Waals surface area contributed by atoms with Crippen LogP contribution >= 0.6 is 0 Å². The molecular formula is C18H26N2O3. The maximum atomic E-state index is 12.3. The van der Waals surface area contributed by atoms with E-state index in [0.29, 0.717) is 24.4 Å². The van der Waals surface area contributed by atoms with Crippen LogP contribution in [0.3, 0.4) is 0 Å². The summed E-state index contributed by atoms with van der Waals surface area (Å²) in [6.07, 6.45) is 6.07. The quantitative estimate of drug-likeness (QED) is 0.848. The number of anilines is 1. The van der Waals surface area contributed by atoms with Crippen LogP contribution in [0.2, 0.25) is 0 Å². The Bertz CT molecular complexity index is 523. The fraction of sp³-hybridized carbons (Fsp3) is 0.556. The Morgan fingerprint density at radius 2 is 1.74 bits per heavy atom. The second kappa shape index (κ2) is 9.30. The molecule has 5 nitrogen and oxygen atoms in total. The van der Waals surface area contributed by atoms with Crippen LogP contribution in [-0.4, -0.2) is 43.0 Å². The maximum absolute atomic E-state index is 12.3. The molecule has 1 N–H and O–H groups in total. The van der Waals surface area contributed by atoms with Crippen LogP contribution in [0.4, 0.5) is 5.69 Å². The molecule has 0 radical (unpaired) electrons. The monoisotopic (exact) mass is 318 g/mol. The summed E-state index contributed by atoms with van der Waals surface area (Å²) in [4.78, 5) is 26.4. The van der Waals surface area contributed by atoms with Gasteiger partial charge >= 0.3 is 5.97 Å². The summed E-state index contributed by atoms with van der Waals surface area (Å²) in [7, 11) is 0. The van der Waals surface area contributed by atoms with Gasteiger partial charge in [-0.25, -0.2) is 4.79 Å². The van der Waals surface area contributed by atoms with E-state index in [-0.39, 0.29) is 5.91 Å². The van der Waals surface area contributed by atoms with Crippen molar-refractivity contribution >= 4 is 17.6 Å². The van der Waals surface area contributed by atoms with Crippen LogP contribution in [0.5, 0.6) is 0 Å². The van der Waals surface area contributed by atoms with E-state index in [9.17, 15) is 9.59 Å². The second-order valence-electron chi connectivity index (χ2n) is 5.86. The first-order chi connectivity index (χ1) is 11.2. The molecule has 0 aromatic heterocycles. The number of carbonyl (C=O) groups is 2. The molecule has 1 fully saturated rings. The summed E-state index contributed by atoms with van der Waals surface area (Å²) in [5.74, 6) is -0.489. The molecule has 126 valence electrons. The highest BCUT2D eigenvalue weighted by atomic mass is 16.5. The van der Waals surface area contributed by atoms with Gasteiger partial charge in [0.2, 0.25) is 5.91 Å². The number of benzene rings is 1. The van der Waals surface area contributed by atoms with Gasteiger partial charge in [-0.1, -0.05) is 31.4 Å². The Morgan fingerprint density at radius 3 is 2.43 bits per heavy atom. The molecule has 5 heteroatoms.